The number of rotatable bonds is 9. The van der Waals surface area contributed by atoms with Crippen LogP contribution in [-0.4, -0.2) is 61.3 Å². The molecular formula is C14H30N2OS. The summed E-state index contributed by atoms with van der Waals surface area (Å²) in [5.74, 6) is 1.22. The van der Waals surface area contributed by atoms with Gasteiger partial charge in [0.2, 0.25) is 0 Å². The van der Waals surface area contributed by atoms with Gasteiger partial charge in [-0.15, -0.1) is 0 Å². The van der Waals surface area contributed by atoms with Crippen molar-refractivity contribution in [3.63, 3.8) is 0 Å². The van der Waals surface area contributed by atoms with Crippen LogP contribution in [0.2, 0.25) is 0 Å². The van der Waals surface area contributed by atoms with Gasteiger partial charge in [-0.3, -0.25) is 0 Å². The van der Waals surface area contributed by atoms with Crippen molar-refractivity contribution in [1.82, 2.24) is 10.2 Å². The van der Waals surface area contributed by atoms with Crippen molar-refractivity contribution in [2.75, 3.05) is 45.1 Å². The number of thioether (sulfide) groups is 1. The summed E-state index contributed by atoms with van der Waals surface area (Å²) in [6.45, 7) is 13.2. The van der Waals surface area contributed by atoms with Crippen LogP contribution in [0.25, 0.3) is 0 Å². The molecule has 0 bridgehead atoms. The SMILES string of the molecule is CCCNC1CCOCC1SCCN(CC)CC. The highest BCUT2D eigenvalue weighted by atomic mass is 32.2. The van der Waals surface area contributed by atoms with Gasteiger partial charge in [0.05, 0.1) is 6.61 Å². The largest absolute Gasteiger partial charge is 0.380 e. The third-order valence-electron chi connectivity index (χ3n) is 3.59. The molecule has 0 radical (unpaired) electrons. The number of nitrogens with zero attached hydrogens (tertiary/aromatic N) is 1. The van der Waals surface area contributed by atoms with E-state index in [9.17, 15) is 0 Å². The van der Waals surface area contributed by atoms with Crippen molar-refractivity contribution in [3.05, 3.63) is 0 Å². The summed E-state index contributed by atoms with van der Waals surface area (Å²) in [5.41, 5.74) is 0. The zero-order valence-corrected chi connectivity index (χ0v) is 13.1. The van der Waals surface area contributed by atoms with Crippen LogP contribution in [0.3, 0.4) is 0 Å². The minimum absolute atomic E-state index is 0.640. The second-order valence-electron chi connectivity index (χ2n) is 4.86. The Morgan fingerprint density at radius 3 is 2.72 bits per heavy atom. The molecule has 1 saturated heterocycles. The van der Waals surface area contributed by atoms with Crippen molar-refractivity contribution in [2.45, 2.75) is 44.9 Å². The molecule has 2 unspecified atom stereocenters. The number of hydrogen-bond acceptors (Lipinski definition) is 4. The lowest BCUT2D eigenvalue weighted by atomic mass is 10.1. The van der Waals surface area contributed by atoms with Gasteiger partial charge in [0.25, 0.3) is 0 Å². The second-order valence-corrected chi connectivity index (χ2v) is 6.21. The third-order valence-corrected chi connectivity index (χ3v) is 4.91. The number of hydrogen-bond donors (Lipinski definition) is 1. The van der Waals surface area contributed by atoms with Crippen LogP contribution < -0.4 is 5.32 Å². The average molecular weight is 274 g/mol. The molecule has 0 aromatic carbocycles. The van der Waals surface area contributed by atoms with Gasteiger partial charge in [0.1, 0.15) is 0 Å². The molecule has 1 rings (SSSR count). The van der Waals surface area contributed by atoms with Gasteiger partial charge in [-0.1, -0.05) is 20.8 Å². The zero-order chi connectivity index (χ0) is 13.2. The molecular weight excluding hydrogens is 244 g/mol. The van der Waals surface area contributed by atoms with Crippen LogP contribution in [-0.2, 0) is 4.74 Å². The van der Waals surface area contributed by atoms with Crippen LogP contribution in [0.1, 0.15) is 33.6 Å². The van der Waals surface area contributed by atoms with Crippen LogP contribution in [0.4, 0.5) is 0 Å². The van der Waals surface area contributed by atoms with Gasteiger partial charge < -0.3 is 15.0 Å². The van der Waals surface area contributed by atoms with Gasteiger partial charge in [0, 0.05) is 30.2 Å². The molecule has 1 heterocycles. The Bertz CT molecular complexity index is 200. The van der Waals surface area contributed by atoms with E-state index >= 15 is 0 Å². The van der Waals surface area contributed by atoms with E-state index in [1.165, 1.54) is 25.1 Å². The summed E-state index contributed by atoms with van der Waals surface area (Å²) in [6.07, 6.45) is 2.39. The topological polar surface area (TPSA) is 24.5 Å². The Kier molecular flexibility index (Phi) is 9.11. The van der Waals surface area contributed by atoms with Crippen LogP contribution in [0.5, 0.6) is 0 Å². The van der Waals surface area contributed by atoms with Gasteiger partial charge in [-0.2, -0.15) is 11.8 Å². The summed E-state index contributed by atoms with van der Waals surface area (Å²) < 4.78 is 5.63. The lowest BCUT2D eigenvalue weighted by Crippen LogP contribution is -2.45. The fourth-order valence-electron chi connectivity index (χ4n) is 2.31. The first-order valence-electron chi connectivity index (χ1n) is 7.46. The molecule has 18 heavy (non-hydrogen) atoms. The Balaban J connectivity index is 2.24. The molecule has 4 heteroatoms. The molecule has 0 aromatic heterocycles. The lowest BCUT2D eigenvalue weighted by molar-refractivity contribution is 0.0833. The molecule has 3 nitrogen and oxygen atoms in total. The van der Waals surface area contributed by atoms with Gasteiger partial charge in [-0.05, 0) is 32.5 Å². The van der Waals surface area contributed by atoms with Crippen LogP contribution in [0.15, 0.2) is 0 Å². The molecule has 1 aliphatic heterocycles. The number of nitrogens with one attached hydrogen (secondary N) is 1. The van der Waals surface area contributed by atoms with E-state index in [-0.39, 0.29) is 0 Å². The fourth-order valence-corrected chi connectivity index (χ4v) is 3.64. The molecule has 108 valence electrons. The van der Waals surface area contributed by atoms with E-state index in [1.54, 1.807) is 0 Å². The first kappa shape index (κ1) is 16.3. The van der Waals surface area contributed by atoms with Gasteiger partial charge in [0.15, 0.2) is 0 Å². The molecule has 0 saturated carbocycles. The summed E-state index contributed by atoms with van der Waals surface area (Å²) in [6, 6.07) is 0.653. The quantitative estimate of drug-likeness (QED) is 0.697. The maximum Gasteiger partial charge on any atom is 0.0600 e. The van der Waals surface area contributed by atoms with Crippen LogP contribution >= 0.6 is 11.8 Å². The van der Waals surface area contributed by atoms with Crippen molar-refractivity contribution in [1.29, 1.82) is 0 Å². The summed E-state index contributed by atoms with van der Waals surface area (Å²) >= 11 is 2.09. The minimum atomic E-state index is 0.640. The summed E-state index contributed by atoms with van der Waals surface area (Å²) in [7, 11) is 0. The molecule has 0 aromatic rings. The highest BCUT2D eigenvalue weighted by molar-refractivity contribution is 8.00. The Hall–Kier alpha value is 0.230. The Morgan fingerprint density at radius 1 is 1.28 bits per heavy atom. The maximum atomic E-state index is 5.63. The molecule has 2 atom stereocenters. The second kappa shape index (κ2) is 10.1. The van der Waals surface area contributed by atoms with E-state index in [0.29, 0.717) is 11.3 Å². The highest BCUT2D eigenvalue weighted by Crippen LogP contribution is 2.21. The van der Waals surface area contributed by atoms with E-state index in [2.05, 4.69) is 42.7 Å². The standard InChI is InChI=1S/C14H30N2OS/c1-4-8-15-13-7-10-17-12-14(13)18-11-9-16(5-2)6-3/h13-15H,4-12H2,1-3H3. The number of ether oxygens (including phenoxy) is 1. The lowest BCUT2D eigenvalue weighted by Gasteiger charge is -2.32. The maximum absolute atomic E-state index is 5.63. The predicted molar refractivity (Wildman–Crippen MR) is 81.6 cm³/mol. The van der Waals surface area contributed by atoms with Crippen LogP contribution in [0, 0.1) is 0 Å². The average Bonchev–Trinajstić information content (AvgIpc) is 2.42. The van der Waals surface area contributed by atoms with Crippen molar-refractivity contribution in [2.24, 2.45) is 0 Å². The predicted octanol–water partition coefficient (Wildman–Crippen LogP) is 2.22. The minimum Gasteiger partial charge on any atom is -0.380 e. The molecule has 1 N–H and O–H groups in total. The molecule has 0 aliphatic carbocycles. The summed E-state index contributed by atoms with van der Waals surface area (Å²) in [5, 5.41) is 4.31. The molecule has 1 aliphatic rings. The van der Waals surface area contributed by atoms with Gasteiger partial charge >= 0.3 is 0 Å². The third kappa shape index (κ3) is 5.91. The van der Waals surface area contributed by atoms with E-state index in [4.69, 9.17) is 4.74 Å². The zero-order valence-electron chi connectivity index (χ0n) is 12.3. The molecule has 0 spiro atoms. The van der Waals surface area contributed by atoms with Gasteiger partial charge in [-0.25, -0.2) is 0 Å². The fraction of sp³-hybridized carbons (Fsp3) is 1.00. The molecule has 0 amide bonds. The van der Waals surface area contributed by atoms with E-state index in [1.807, 2.05) is 0 Å². The van der Waals surface area contributed by atoms with Crippen molar-refractivity contribution in [3.8, 4) is 0 Å². The Labute approximate surface area is 117 Å². The monoisotopic (exact) mass is 274 g/mol. The van der Waals surface area contributed by atoms with Crippen molar-refractivity contribution < 1.29 is 4.74 Å². The van der Waals surface area contributed by atoms with Crippen molar-refractivity contribution >= 4 is 11.8 Å². The van der Waals surface area contributed by atoms with E-state index < -0.39 is 0 Å². The highest BCUT2D eigenvalue weighted by Gasteiger charge is 2.25. The smallest absolute Gasteiger partial charge is 0.0600 e. The van der Waals surface area contributed by atoms with E-state index in [0.717, 1.165) is 32.8 Å². The first-order valence-corrected chi connectivity index (χ1v) is 8.51. The molecule has 1 fully saturated rings. The Morgan fingerprint density at radius 2 is 2.06 bits per heavy atom. The first-order chi connectivity index (χ1) is 8.81. The summed E-state index contributed by atoms with van der Waals surface area (Å²) in [4.78, 5) is 2.49. The normalized spacial score (nSPS) is 24.7.